The second-order valence-electron chi connectivity index (χ2n) is 7.41. The number of amides is 1. The van der Waals surface area contributed by atoms with Gasteiger partial charge in [-0.2, -0.15) is 0 Å². The summed E-state index contributed by atoms with van der Waals surface area (Å²) in [4.78, 5) is 24.0. The zero-order valence-corrected chi connectivity index (χ0v) is 16.2. The van der Waals surface area contributed by atoms with Crippen molar-refractivity contribution >= 4 is 11.7 Å². The van der Waals surface area contributed by atoms with Crippen molar-refractivity contribution in [3.63, 3.8) is 0 Å². The summed E-state index contributed by atoms with van der Waals surface area (Å²) >= 11 is 0. The Labute approximate surface area is 165 Å². The van der Waals surface area contributed by atoms with Crippen LogP contribution >= 0.6 is 0 Å². The first-order valence-corrected chi connectivity index (χ1v) is 9.54. The number of hydrogen-bond donors (Lipinski definition) is 1. The highest BCUT2D eigenvalue weighted by molar-refractivity contribution is 5.93. The van der Waals surface area contributed by atoms with E-state index in [4.69, 9.17) is 0 Å². The van der Waals surface area contributed by atoms with Crippen molar-refractivity contribution in [3.05, 3.63) is 78.2 Å². The lowest BCUT2D eigenvalue weighted by molar-refractivity contribution is -0.119. The molecule has 1 fully saturated rings. The summed E-state index contributed by atoms with van der Waals surface area (Å²) in [5.41, 5.74) is 4.21. The number of benzene rings is 1. The molecule has 5 nitrogen and oxygen atoms in total. The molecule has 2 aromatic heterocycles. The normalized spacial score (nSPS) is 19.5. The van der Waals surface area contributed by atoms with Gasteiger partial charge in [-0.05, 0) is 43.3 Å². The van der Waals surface area contributed by atoms with Crippen molar-refractivity contribution < 1.29 is 4.79 Å². The van der Waals surface area contributed by atoms with Crippen LogP contribution in [0.25, 0.3) is 11.1 Å². The molecule has 4 rings (SSSR count). The van der Waals surface area contributed by atoms with Gasteiger partial charge in [0, 0.05) is 42.7 Å². The van der Waals surface area contributed by atoms with E-state index < -0.39 is 0 Å². The van der Waals surface area contributed by atoms with E-state index in [0.29, 0.717) is 5.82 Å². The highest BCUT2D eigenvalue weighted by Crippen LogP contribution is 2.32. The topological polar surface area (TPSA) is 58.1 Å². The van der Waals surface area contributed by atoms with Crippen molar-refractivity contribution in [1.82, 2.24) is 14.9 Å². The average molecular weight is 372 g/mol. The molecule has 2 atom stereocenters. The molecule has 0 aliphatic carbocycles. The van der Waals surface area contributed by atoms with Gasteiger partial charge in [-0.1, -0.05) is 36.4 Å². The Bertz CT molecular complexity index is 959. The lowest BCUT2D eigenvalue weighted by Crippen LogP contribution is -2.28. The lowest BCUT2D eigenvalue weighted by atomic mass is 9.89. The first-order chi connectivity index (χ1) is 13.6. The molecule has 0 saturated carbocycles. The molecule has 3 aromatic rings. The number of hydrogen-bond acceptors (Lipinski definition) is 4. The first-order valence-electron chi connectivity index (χ1n) is 9.54. The number of rotatable bonds is 4. The Morgan fingerprint density at radius 1 is 1.07 bits per heavy atom. The van der Waals surface area contributed by atoms with Crippen molar-refractivity contribution in [1.29, 1.82) is 0 Å². The second kappa shape index (κ2) is 7.90. The standard InChI is InChI=1S/C23H24N4O/c1-16-19(17-7-4-3-5-8-17)10-11-22(25-16)26-23(28)21-15-27(2)14-20(21)18-9-6-12-24-13-18/h3-13,20-21H,14-15H2,1-2H3,(H,25,26,28)/t20-,21+/m1/s1. The molecule has 0 radical (unpaired) electrons. The quantitative estimate of drug-likeness (QED) is 0.758. The van der Waals surface area contributed by atoms with Gasteiger partial charge in [0.2, 0.25) is 5.91 Å². The molecule has 1 aliphatic heterocycles. The maximum absolute atomic E-state index is 13.0. The largest absolute Gasteiger partial charge is 0.310 e. The predicted molar refractivity (Wildman–Crippen MR) is 111 cm³/mol. The predicted octanol–water partition coefficient (Wildman–Crippen LogP) is 3.74. The minimum absolute atomic E-state index is 0.0116. The van der Waals surface area contributed by atoms with Crippen LogP contribution in [-0.4, -0.2) is 40.9 Å². The summed E-state index contributed by atoms with van der Waals surface area (Å²) in [5, 5.41) is 3.03. The van der Waals surface area contributed by atoms with E-state index in [1.807, 2.05) is 62.6 Å². The van der Waals surface area contributed by atoms with Gasteiger partial charge in [-0.15, -0.1) is 0 Å². The van der Waals surface area contributed by atoms with Crippen molar-refractivity contribution in [2.75, 3.05) is 25.5 Å². The molecule has 3 heterocycles. The van der Waals surface area contributed by atoms with Gasteiger partial charge >= 0.3 is 0 Å². The summed E-state index contributed by atoms with van der Waals surface area (Å²) in [5.74, 6) is 0.632. The average Bonchev–Trinajstić information content (AvgIpc) is 3.11. The number of carbonyl (C=O) groups is 1. The fourth-order valence-corrected chi connectivity index (χ4v) is 3.97. The third kappa shape index (κ3) is 3.80. The second-order valence-corrected chi connectivity index (χ2v) is 7.41. The van der Waals surface area contributed by atoms with Crippen LogP contribution < -0.4 is 5.32 Å². The Hall–Kier alpha value is -3.05. The molecule has 1 aliphatic rings. The molecule has 1 N–H and O–H groups in total. The molecule has 1 saturated heterocycles. The maximum atomic E-state index is 13.0. The third-order valence-corrected chi connectivity index (χ3v) is 5.37. The smallest absolute Gasteiger partial charge is 0.230 e. The monoisotopic (exact) mass is 372 g/mol. The van der Waals surface area contributed by atoms with Crippen LogP contribution in [0.5, 0.6) is 0 Å². The minimum Gasteiger partial charge on any atom is -0.310 e. The highest BCUT2D eigenvalue weighted by atomic mass is 16.2. The van der Waals surface area contributed by atoms with Crippen LogP contribution in [0.4, 0.5) is 5.82 Å². The number of likely N-dealkylation sites (N-methyl/N-ethyl adjacent to an activating group) is 1. The number of pyridine rings is 2. The molecule has 5 heteroatoms. The molecule has 0 bridgehead atoms. The number of aryl methyl sites for hydroxylation is 1. The molecule has 0 unspecified atom stereocenters. The summed E-state index contributed by atoms with van der Waals surface area (Å²) in [7, 11) is 2.05. The summed E-state index contributed by atoms with van der Waals surface area (Å²) in [6.07, 6.45) is 3.62. The zero-order chi connectivity index (χ0) is 19.5. The molecular weight excluding hydrogens is 348 g/mol. The van der Waals surface area contributed by atoms with Crippen LogP contribution in [0.15, 0.2) is 67.0 Å². The van der Waals surface area contributed by atoms with E-state index in [-0.39, 0.29) is 17.7 Å². The molecule has 28 heavy (non-hydrogen) atoms. The van der Waals surface area contributed by atoms with Gasteiger partial charge in [-0.3, -0.25) is 9.78 Å². The van der Waals surface area contributed by atoms with Gasteiger partial charge in [0.1, 0.15) is 5.82 Å². The lowest BCUT2D eigenvalue weighted by Gasteiger charge is -2.18. The van der Waals surface area contributed by atoms with Crippen molar-refractivity contribution in [3.8, 4) is 11.1 Å². The van der Waals surface area contributed by atoms with Crippen molar-refractivity contribution in [2.45, 2.75) is 12.8 Å². The number of likely N-dealkylation sites (tertiary alicyclic amines) is 1. The van der Waals surface area contributed by atoms with E-state index in [2.05, 4.69) is 32.3 Å². The SMILES string of the molecule is Cc1nc(NC(=O)[C@H]2CN(C)C[C@@H]2c2cccnc2)ccc1-c1ccccc1. The molecule has 1 aromatic carbocycles. The first kappa shape index (κ1) is 18.3. The fraction of sp³-hybridized carbons (Fsp3) is 0.261. The summed E-state index contributed by atoms with van der Waals surface area (Å²) < 4.78 is 0. The van der Waals surface area contributed by atoms with Crippen LogP contribution in [0.2, 0.25) is 0 Å². The Morgan fingerprint density at radius 3 is 2.61 bits per heavy atom. The Morgan fingerprint density at radius 2 is 1.89 bits per heavy atom. The molecule has 1 amide bonds. The van der Waals surface area contributed by atoms with Gasteiger partial charge in [-0.25, -0.2) is 4.98 Å². The molecule has 0 spiro atoms. The van der Waals surface area contributed by atoms with E-state index in [0.717, 1.165) is 35.5 Å². The number of nitrogens with zero attached hydrogens (tertiary/aromatic N) is 3. The van der Waals surface area contributed by atoms with Crippen LogP contribution in [0, 0.1) is 12.8 Å². The zero-order valence-electron chi connectivity index (χ0n) is 16.2. The Balaban J connectivity index is 1.52. The summed E-state index contributed by atoms with van der Waals surface area (Å²) in [6, 6.07) is 18.0. The highest BCUT2D eigenvalue weighted by Gasteiger charge is 2.37. The van der Waals surface area contributed by atoms with E-state index in [9.17, 15) is 4.79 Å². The van der Waals surface area contributed by atoms with E-state index in [1.165, 1.54) is 0 Å². The van der Waals surface area contributed by atoms with Gasteiger partial charge in [0.25, 0.3) is 0 Å². The molecular formula is C23H24N4O. The van der Waals surface area contributed by atoms with Crippen molar-refractivity contribution in [2.24, 2.45) is 5.92 Å². The number of carbonyl (C=O) groups excluding carboxylic acids is 1. The fourth-order valence-electron chi connectivity index (χ4n) is 3.97. The number of anilines is 1. The van der Waals surface area contributed by atoms with Gasteiger partial charge < -0.3 is 10.2 Å². The minimum atomic E-state index is -0.120. The maximum Gasteiger partial charge on any atom is 0.230 e. The molecule has 142 valence electrons. The van der Waals surface area contributed by atoms with E-state index >= 15 is 0 Å². The van der Waals surface area contributed by atoms with Gasteiger partial charge in [0.15, 0.2) is 0 Å². The van der Waals surface area contributed by atoms with E-state index in [1.54, 1.807) is 6.20 Å². The number of aromatic nitrogens is 2. The van der Waals surface area contributed by atoms with Crippen LogP contribution in [0.1, 0.15) is 17.2 Å². The Kier molecular flexibility index (Phi) is 5.17. The number of nitrogens with one attached hydrogen (secondary N) is 1. The summed E-state index contributed by atoms with van der Waals surface area (Å²) in [6.45, 7) is 3.55. The van der Waals surface area contributed by atoms with Crippen LogP contribution in [-0.2, 0) is 4.79 Å². The van der Waals surface area contributed by atoms with Gasteiger partial charge in [0.05, 0.1) is 5.92 Å². The third-order valence-electron chi connectivity index (χ3n) is 5.37. The van der Waals surface area contributed by atoms with Crippen LogP contribution in [0.3, 0.4) is 0 Å².